The Labute approximate surface area is 149 Å². The standard InChI is InChI=1S/C17H16ClN7/c1-19-13-8-24(14-5-3-2-4-11(13)14)17-23-15-12(6-10(18)7-20-15)16-21-9-22-25(16)17/h2-3,5-7,9,11,13,19H,4,8H2,1H3. The summed E-state index contributed by atoms with van der Waals surface area (Å²) in [5.41, 5.74) is 2.59. The fraction of sp³-hybridized carbons (Fsp3) is 0.294. The molecule has 5 rings (SSSR count). The van der Waals surface area contributed by atoms with Gasteiger partial charge in [0, 0.05) is 30.4 Å². The van der Waals surface area contributed by atoms with Crippen LogP contribution >= 0.6 is 11.6 Å². The van der Waals surface area contributed by atoms with Crippen LogP contribution in [0.25, 0.3) is 16.7 Å². The molecule has 1 N–H and O–H groups in total. The molecule has 0 radical (unpaired) electrons. The van der Waals surface area contributed by atoms with Crippen molar-refractivity contribution in [3.63, 3.8) is 0 Å². The summed E-state index contributed by atoms with van der Waals surface area (Å²) >= 11 is 6.10. The molecule has 7 nitrogen and oxygen atoms in total. The van der Waals surface area contributed by atoms with E-state index in [0.717, 1.165) is 24.3 Å². The van der Waals surface area contributed by atoms with Crippen LogP contribution in [0.5, 0.6) is 0 Å². The van der Waals surface area contributed by atoms with Gasteiger partial charge in [-0.15, -0.1) is 0 Å². The van der Waals surface area contributed by atoms with E-state index < -0.39 is 0 Å². The van der Waals surface area contributed by atoms with Crippen molar-refractivity contribution in [3.8, 4) is 0 Å². The molecule has 0 bridgehead atoms. The van der Waals surface area contributed by atoms with Gasteiger partial charge in [-0.2, -0.15) is 14.6 Å². The van der Waals surface area contributed by atoms with Crippen molar-refractivity contribution < 1.29 is 0 Å². The van der Waals surface area contributed by atoms with Gasteiger partial charge in [0.25, 0.3) is 0 Å². The highest BCUT2D eigenvalue weighted by atomic mass is 35.5. The van der Waals surface area contributed by atoms with E-state index in [1.165, 1.54) is 5.70 Å². The second-order valence-electron chi connectivity index (χ2n) is 6.30. The highest BCUT2D eigenvalue weighted by Crippen LogP contribution is 2.37. The molecule has 3 aromatic heterocycles. The van der Waals surface area contributed by atoms with E-state index in [0.29, 0.717) is 28.3 Å². The minimum atomic E-state index is 0.366. The topological polar surface area (TPSA) is 71.2 Å². The van der Waals surface area contributed by atoms with Crippen LogP contribution in [0, 0.1) is 5.92 Å². The van der Waals surface area contributed by atoms with Crippen molar-refractivity contribution in [1.82, 2.24) is 29.9 Å². The van der Waals surface area contributed by atoms with E-state index >= 15 is 0 Å². The summed E-state index contributed by atoms with van der Waals surface area (Å²) in [5, 5.41) is 9.18. The van der Waals surface area contributed by atoms with Crippen molar-refractivity contribution in [2.24, 2.45) is 5.92 Å². The van der Waals surface area contributed by atoms with Gasteiger partial charge in [-0.05, 0) is 25.6 Å². The molecule has 4 heterocycles. The van der Waals surface area contributed by atoms with Gasteiger partial charge in [-0.25, -0.2) is 9.97 Å². The Kier molecular flexibility index (Phi) is 3.26. The smallest absolute Gasteiger partial charge is 0.235 e. The van der Waals surface area contributed by atoms with Crippen LogP contribution in [0.15, 0.2) is 42.5 Å². The zero-order chi connectivity index (χ0) is 17.0. The second kappa shape index (κ2) is 5.50. The number of nitrogens with zero attached hydrogens (tertiary/aromatic N) is 6. The summed E-state index contributed by atoms with van der Waals surface area (Å²) in [4.78, 5) is 15.8. The quantitative estimate of drug-likeness (QED) is 0.761. The fourth-order valence-electron chi connectivity index (χ4n) is 3.79. The monoisotopic (exact) mass is 353 g/mol. The molecule has 2 aliphatic rings. The molecule has 0 spiro atoms. The van der Waals surface area contributed by atoms with Crippen molar-refractivity contribution in [2.75, 3.05) is 18.5 Å². The lowest BCUT2D eigenvalue weighted by Crippen LogP contribution is -2.33. The lowest BCUT2D eigenvalue weighted by Gasteiger charge is -2.22. The Morgan fingerprint density at radius 3 is 3.12 bits per heavy atom. The van der Waals surface area contributed by atoms with Gasteiger partial charge in [0.2, 0.25) is 5.95 Å². The number of hydrogen-bond donors (Lipinski definition) is 1. The molecular formula is C17H16ClN7. The molecule has 3 aromatic rings. The molecule has 2 atom stereocenters. The van der Waals surface area contributed by atoms with Gasteiger partial charge in [0.05, 0.1) is 10.4 Å². The number of allylic oxidation sites excluding steroid dienone is 3. The van der Waals surface area contributed by atoms with E-state index in [4.69, 9.17) is 16.6 Å². The first kappa shape index (κ1) is 14.8. The number of anilines is 1. The Balaban J connectivity index is 1.74. The molecule has 1 saturated heterocycles. The molecule has 0 aromatic carbocycles. The minimum absolute atomic E-state index is 0.366. The van der Waals surface area contributed by atoms with Crippen LogP contribution in [0.1, 0.15) is 6.42 Å². The van der Waals surface area contributed by atoms with Crippen LogP contribution < -0.4 is 10.2 Å². The van der Waals surface area contributed by atoms with Crippen molar-refractivity contribution in [2.45, 2.75) is 12.5 Å². The van der Waals surface area contributed by atoms with Crippen LogP contribution in [0.2, 0.25) is 5.02 Å². The van der Waals surface area contributed by atoms with Crippen LogP contribution in [0.4, 0.5) is 5.95 Å². The number of likely N-dealkylation sites (N-methyl/N-ethyl adjacent to an activating group) is 1. The first-order chi connectivity index (χ1) is 12.3. The molecule has 0 amide bonds. The van der Waals surface area contributed by atoms with E-state index in [2.05, 4.69) is 43.5 Å². The summed E-state index contributed by atoms with van der Waals surface area (Å²) in [7, 11) is 2.01. The number of rotatable bonds is 2. The Hall–Kier alpha value is -2.51. The molecule has 2 unspecified atom stereocenters. The van der Waals surface area contributed by atoms with Crippen LogP contribution in [0.3, 0.4) is 0 Å². The molecule has 1 fully saturated rings. The maximum absolute atomic E-state index is 6.10. The van der Waals surface area contributed by atoms with Crippen LogP contribution in [-0.2, 0) is 0 Å². The summed E-state index contributed by atoms with van der Waals surface area (Å²) in [5.74, 6) is 1.17. The van der Waals surface area contributed by atoms with E-state index in [1.807, 2.05) is 13.1 Å². The maximum Gasteiger partial charge on any atom is 0.235 e. The van der Waals surface area contributed by atoms with E-state index in [-0.39, 0.29) is 0 Å². The van der Waals surface area contributed by atoms with E-state index in [9.17, 15) is 0 Å². The average molecular weight is 354 g/mol. The number of fused-ring (bicyclic) bond motifs is 4. The number of aromatic nitrogens is 5. The number of pyridine rings is 1. The van der Waals surface area contributed by atoms with Crippen molar-refractivity contribution in [1.29, 1.82) is 0 Å². The van der Waals surface area contributed by atoms with E-state index in [1.54, 1.807) is 17.0 Å². The van der Waals surface area contributed by atoms with Gasteiger partial charge >= 0.3 is 0 Å². The first-order valence-corrected chi connectivity index (χ1v) is 8.60. The molecule has 0 saturated carbocycles. The van der Waals surface area contributed by atoms with Gasteiger partial charge in [0.15, 0.2) is 11.3 Å². The number of nitrogens with one attached hydrogen (secondary N) is 1. The third-order valence-electron chi connectivity index (χ3n) is 4.98. The normalized spacial score (nSPS) is 22.6. The third kappa shape index (κ3) is 2.16. The van der Waals surface area contributed by atoms with Gasteiger partial charge in [0.1, 0.15) is 6.33 Å². The van der Waals surface area contributed by atoms with Gasteiger partial charge in [-0.3, -0.25) is 0 Å². The summed E-state index contributed by atoms with van der Waals surface area (Å²) in [6.45, 7) is 0.829. The third-order valence-corrected chi connectivity index (χ3v) is 5.19. The highest BCUT2D eigenvalue weighted by Gasteiger charge is 2.38. The predicted molar refractivity (Wildman–Crippen MR) is 96.6 cm³/mol. The number of hydrogen-bond acceptors (Lipinski definition) is 6. The first-order valence-electron chi connectivity index (χ1n) is 8.23. The molecule has 1 aliphatic heterocycles. The Morgan fingerprint density at radius 2 is 2.24 bits per heavy atom. The average Bonchev–Trinajstić information content (AvgIpc) is 3.26. The summed E-state index contributed by atoms with van der Waals surface area (Å²) < 4.78 is 1.77. The zero-order valence-corrected chi connectivity index (χ0v) is 14.4. The lowest BCUT2D eigenvalue weighted by molar-refractivity contribution is 0.481. The molecule has 25 heavy (non-hydrogen) atoms. The van der Waals surface area contributed by atoms with Gasteiger partial charge < -0.3 is 10.2 Å². The van der Waals surface area contributed by atoms with Crippen molar-refractivity contribution >= 4 is 34.2 Å². The molecule has 8 heteroatoms. The fourth-order valence-corrected chi connectivity index (χ4v) is 3.95. The molecular weight excluding hydrogens is 338 g/mol. The lowest BCUT2D eigenvalue weighted by atomic mass is 9.93. The molecule has 126 valence electrons. The Bertz CT molecular complexity index is 1040. The number of halogens is 1. The Morgan fingerprint density at radius 1 is 1.32 bits per heavy atom. The predicted octanol–water partition coefficient (Wildman–Crippen LogP) is 2.19. The van der Waals surface area contributed by atoms with Crippen LogP contribution in [-0.4, -0.2) is 44.2 Å². The zero-order valence-electron chi connectivity index (χ0n) is 13.6. The summed E-state index contributed by atoms with van der Waals surface area (Å²) in [6, 6.07) is 2.20. The second-order valence-corrected chi connectivity index (χ2v) is 6.74. The van der Waals surface area contributed by atoms with Gasteiger partial charge in [-0.1, -0.05) is 23.8 Å². The maximum atomic E-state index is 6.10. The summed E-state index contributed by atoms with van der Waals surface area (Å²) in [6.07, 6.45) is 10.7. The van der Waals surface area contributed by atoms with Crippen molar-refractivity contribution in [3.05, 3.63) is 47.5 Å². The SMILES string of the molecule is CNC1CN(c2nc3ncc(Cl)cc3c3ncnn23)C2=CC=CCC21. The highest BCUT2D eigenvalue weighted by molar-refractivity contribution is 6.31. The molecule has 1 aliphatic carbocycles. The largest absolute Gasteiger partial charge is 0.315 e. The minimum Gasteiger partial charge on any atom is -0.315 e.